The van der Waals surface area contributed by atoms with Crippen LogP contribution in [0.5, 0.6) is 0 Å². The van der Waals surface area contributed by atoms with Crippen molar-refractivity contribution in [3.8, 4) is 0 Å². The predicted molar refractivity (Wildman–Crippen MR) is 73.1 cm³/mol. The molecule has 0 radical (unpaired) electrons. The van der Waals surface area contributed by atoms with E-state index in [-0.39, 0.29) is 19.0 Å². The molecule has 1 rings (SSSR count). The van der Waals surface area contributed by atoms with Crippen molar-refractivity contribution in [2.24, 2.45) is 5.92 Å². The maximum absolute atomic E-state index is 11.7. The number of imide groups is 1. The fraction of sp³-hybridized carbons (Fsp3) is 0.615. The zero-order valence-electron chi connectivity index (χ0n) is 11.6. The Balaban J connectivity index is 2.52. The van der Waals surface area contributed by atoms with Crippen LogP contribution in [0.2, 0.25) is 0 Å². The van der Waals surface area contributed by atoms with Crippen LogP contribution in [0.1, 0.15) is 19.8 Å². The van der Waals surface area contributed by atoms with Gasteiger partial charge in [0.25, 0.3) is 0 Å². The molecule has 3 amide bonds. The van der Waals surface area contributed by atoms with Crippen molar-refractivity contribution in [2.75, 3.05) is 19.6 Å². The minimum absolute atomic E-state index is 0.0105. The average Bonchev–Trinajstić information content (AvgIpc) is 2.35. The smallest absolute Gasteiger partial charge is 0.321 e. The molecule has 1 saturated heterocycles. The number of carbonyl (C=O) groups is 3. The van der Waals surface area contributed by atoms with E-state index in [1.54, 1.807) is 4.90 Å². The number of piperidine rings is 1. The lowest BCUT2D eigenvalue weighted by atomic mass is 9.91. The Bertz CT molecular complexity index is 397. The van der Waals surface area contributed by atoms with Gasteiger partial charge in [-0.2, -0.15) is 0 Å². The van der Waals surface area contributed by atoms with Crippen LogP contribution in [0.25, 0.3) is 0 Å². The highest BCUT2D eigenvalue weighted by atomic mass is 16.4. The maximum atomic E-state index is 11.7. The quantitative estimate of drug-likeness (QED) is 0.625. The first kappa shape index (κ1) is 16.2. The molecule has 0 aromatic carbocycles. The Kier molecular flexibility index (Phi) is 6.17. The lowest BCUT2D eigenvalue weighted by molar-refractivity contribution is -0.147. The third kappa shape index (κ3) is 4.65. The van der Waals surface area contributed by atoms with Crippen molar-refractivity contribution in [1.82, 2.24) is 15.5 Å². The summed E-state index contributed by atoms with van der Waals surface area (Å²) in [4.78, 5) is 35.9. The second-order valence-electron chi connectivity index (χ2n) is 4.92. The second kappa shape index (κ2) is 7.64. The van der Waals surface area contributed by atoms with Crippen molar-refractivity contribution in [3.63, 3.8) is 0 Å². The zero-order valence-corrected chi connectivity index (χ0v) is 11.6. The predicted octanol–water partition coefficient (Wildman–Crippen LogP) is 0.183. The first-order valence-corrected chi connectivity index (χ1v) is 6.61. The summed E-state index contributed by atoms with van der Waals surface area (Å²) in [5.41, 5.74) is 0. The van der Waals surface area contributed by atoms with Crippen LogP contribution in [0.4, 0.5) is 4.79 Å². The van der Waals surface area contributed by atoms with Gasteiger partial charge in [0.05, 0.1) is 6.54 Å². The van der Waals surface area contributed by atoms with Crippen LogP contribution in [0.15, 0.2) is 12.7 Å². The second-order valence-corrected chi connectivity index (χ2v) is 4.92. The molecule has 1 heterocycles. The minimum Gasteiger partial charge on any atom is -0.480 e. The van der Waals surface area contributed by atoms with Crippen LogP contribution >= 0.6 is 0 Å². The van der Waals surface area contributed by atoms with E-state index in [0.29, 0.717) is 6.54 Å². The molecule has 20 heavy (non-hydrogen) atoms. The molecule has 0 spiro atoms. The topological polar surface area (TPSA) is 98.7 Å². The summed E-state index contributed by atoms with van der Waals surface area (Å²) in [6.07, 6.45) is 3.17. The number of carbonyl (C=O) groups excluding carboxylic acids is 2. The van der Waals surface area contributed by atoms with Gasteiger partial charge in [0.15, 0.2) is 0 Å². The fourth-order valence-corrected chi connectivity index (χ4v) is 2.41. The number of amides is 3. The molecule has 7 heteroatoms. The van der Waals surface area contributed by atoms with E-state index in [0.717, 1.165) is 12.8 Å². The first-order valence-electron chi connectivity index (χ1n) is 6.61. The van der Waals surface area contributed by atoms with E-state index in [2.05, 4.69) is 17.2 Å². The zero-order chi connectivity index (χ0) is 15.1. The molecule has 2 atom stereocenters. The number of urea groups is 1. The Morgan fingerprint density at radius 1 is 1.45 bits per heavy atom. The number of carboxylic acids is 1. The fourth-order valence-electron chi connectivity index (χ4n) is 2.41. The number of hydrogen-bond donors (Lipinski definition) is 3. The van der Waals surface area contributed by atoms with E-state index in [9.17, 15) is 19.5 Å². The van der Waals surface area contributed by atoms with Gasteiger partial charge >= 0.3 is 12.0 Å². The Morgan fingerprint density at radius 3 is 2.75 bits per heavy atom. The van der Waals surface area contributed by atoms with E-state index in [1.807, 2.05) is 6.92 Å². The number of hydrogen-bond acceptors (Lipinski definition) is 4. The molecule has 112 valence electrons. The number of nitrogens with one attached hydrogen (secondary N) is 2. The van der Waals surface area contributed by atoms with Gasteiger partial charge in [0.1, 0.15) is 6.04 Å². The van der Waals surface area contributed by atoms with Gasteiger partial charge in [-0.1, -0.05) is 13.0 Å². The molecule has 7 nitrogen and oxygen atoms in total. The van der Waals surface area contributed by atoms with Crippen LogP contribution in [-0.2, 0) is 9.59 Å². The molecule has 0 aliphatic carbocycles. The number of carboxylic acid groups (broad SMARTS) is 1. The normalized spacial score (nSPS) is 22.9. The van der Waals surface area contributed by atoms with E-state index in [1.165, 1.54) is 6.08 Å². The van der Waals surface area contributed by atoms with Gasteiger partial charge < -0.3 is 10.4 Å². The number of likely N-dealkylation sites (tertiary alicyclic amines) is 1. The largest absolute Gasteiger partial charge is 0.480 e. The standard InChI is InChI=1S/C13H21N3O4/c1-3-6-14-13(20)15-10(17)8-16-7-4-5-9(2)11(16)12(18)19/h3,9,11H,1,4-8H2,2H3,(H,18,19)(H2,14,15,17,20). The summed E-state index contributed by atoms with van der Waals surface area (Å²) in [6.45, 7) is 6.01. The SMILES string of the molecule is C=CCNC(=O)NC(=O)CN1CCCC(C)C1C(=O)O. The molecule has 0 aromatic rings. The van der Waals surface area contributed by atoms with Crippen LogP contribution in [-0.4, -0.2) is 53.6 Å². The average molecular weight is 283 g/mol. The van der Waals surface area contributed by atoms with Crippen molar-refractivity contribution in [3.05, 3.63) is 12.7 Å². The van der Waals surface area contributed by atoms with Gasteiger partial charge in [-0.15, -0.1) is 6.58 Å². The summed E-state index contributed by atoms with van der Waals surface area (Å²) < 4.78 is 0. The molecule has 0 saturated carbocycles. The Hall–Kier alpha value is -1.89. The van der Waals surface area contributed by atoms with Crippen molar-refractivity contribution >= 4 is 17.9 Å². The van der Waals surface area contributed by atoms with Gasteiger partial charge in [-0.3, -0.25) is 19.8 Å². The molecule has 1 aliphatic heterocycles. The van der Waals surface area contributed by atoms with Gasteiger partial charge in [-0.25, -0.2) is 4.79 Å². The summed E-state index contributed by atoms with van der Waals surface area (Å²) in [7, 11) is 0. The van der Waals surface area contributed by atoms with Crippen LogP contribution in [0.3, 0.4) is 0 Å². The highest BCUT2D eigenvalue weighted by Gasteiger charge is 2.35. The minimum atomic E-state index is -0.930. The summed E-state index contributed by atoms with van der Waals surface area (Å²) in [5.74, 6) is -1.45. The molecular weight excluding hydrogens is 262 g/mol. The molecule has 1 aliphatic rings. The maximum Gasteiger partial charge on any atom is 0.321 e. The monoisotopic (exact) mass is 283 g/mol. The third-order valence-electron chi connectivity index (χ3n) is 3.30. The molecular formula is C13H21N3O4. The van der Waals surface area contributed by atoms with Crippen molar-refractivity contribution in [2.45, 2.75) is 25.8 Å². The molecule has 1 fully saturated rings. The van der Waals surface area contributed by atoms with Crippen molar-refractivity contribution < 1.29 is 19.5 Å². The van der Waals surface area contributed by atoms with Crippen LogP contribution < -0.4 is 10.6 Å². The first-order chi connectivity index (χ1) is 9.45. The summed E-state index contributed by atoms with van der Waals surface area (Å²) in [6, 6.07) is -1.28. The highest BCUT2D eigenvalue weighted by Crippen LogP contribution is 2.23. The van der Waals surface area contributed by atoms with Gasteiger partial charge in [-0.05, 0) is 25.3 Å². The Morgan fingerprint density at radius 2 is 2.15 bits per heavy atom. The van der Waals surface area contributed by atoms with E-state index >= 15 is 0 Å². The van der Waals surface area contributed by atoms with Gasteiger partial charge in [0, 0.05) is 6.54 Å². The van der Waals surface area contributed by atoms with Crippen LogP contribution in [0, 0.1) is 5.92 Å². The number of rotatable bonds is 5. The molecule has 0 aromatic heterocycles. The highest BCUT2D eigenvalue weighted by molar-refractivity contribution is 5.95. The summed E-state index contributed by atoms with van der Waals surface area (Å²) in [5, 5.41) is 13.8. The van der Waals surface area contributed by atoms with E-state index < -0.39 is 23.9 Å². The lowest BCUT2D eigenvalue weighted by Gasteiger charge is -2.36. The molecule has 0 bridgehead atoms. The number of aliphatic carboxylic acids is 1. The third-order valence-corrected chi connectivity index (χ3v) is 3.30. The lowest BCUT2D eigenvalue weighted by Crippen LogP contribution is -2.53. The van der Waals surface area contributed by atoms with Gasteiger partial charge in [0.2, 0.25) is 5.91 Å². The molecule has 3 N–H and O–H groups in total. The van der Waals surface area contributed by atoms with E-state index in [4.69, 9.17) is 0 Å². The number of nitrogens with zero attached hydrogens (tertiary/aromatic N) is 1. The van der Waals surface area contributed by atoms with Crippen molar-refractivity contribution in [1.29, 1.82) is 0 Å². The Labute approximate surface area is 118 Å². The summed E-state index contributed by atoms with van der Waals surface area (Å²) >= 11 is 0. The molecule has 2 unspecified atom stereocenters.